The van der Waals surface area contributed by atoms with E-state index in [0.29, 0.717) is 16.8 Å². The average Bonchev–Trinajstić information content (AvgIpc) is 2.55. The second-order valence-corrected chi connectivity index (χ2v) is 5.74. The fourth-order valence-electron chi connectivity index (χ4n) is 2.65. The van der Waals surface area contributed by atoms with Gasteiger partial charge in [0.25, 0.3) is 0 Å². The first-order valence-electron chi connectivity index (χ1n) is 7.24. The van der Waals surface area contributed by atoms with Crippen molar-refractivity contribution in [1.82, 2.24) is 15.3 Å². The number of nitrogens with two attached hydrogens (primary N) is 1. The van der Waals surface area contributed by atoms with Crippen LogP contribution in [0.1, 0.15) is 11.3 Å². The molecule has 1 heterocycles. The number of hydrogen-bond acceptors (Lipinski definition) is 4. The van der Waals surface area contributed by atoms with Crippen LogP contribution in [0.3, 0.4) is 0 Å². The number of halogens is 1. The minimum atomic E-state index is -1.34. The van der Waals surface area contributed by atoms with Crippen molar-refractivity contribution in [2.24, 2.45) is 5.73 Å². The second kappa shape index (κ2) is 6.43. The summed E-state index contributed by atoms with van der Waals surface area (Å²) in [5.41, 5.74) is 6.94. The highest BCUT2D eigenvalue weighted by Gasteiger charge is 2.31. The Morgan fingerprint density at radius 2 is 1.79 bits per heavy atom. The third kappa shape index (κ3) is 3.29. The maximum atomic E-state index is 11.3. The second-order valence-electron chi connectivity index (χ2n) is 5.40. The zero-order chi connectivity index (χ0) is 17.2. The highest BCUT2D eigenvalue weighted by Crippen LogP contribution is 2.25. The molecular formula is C17H15ClN4O2. The Hall–Kier alpha value is -2.70. The molecule has 0 fully saturated rings. The molecule has 24 heavy (non-hydrogen) atoms. The van der Waals surface area contributed by atoms with E-state index in [4.69, 9.17) is 17.3 Å². The number of benzene rings is 2. The summed E-state index contributed by atoms with van der Waals surface area (Å²) < 4.78 is 0. The molecule has 6 nitrogen and oxygen atoms in total. The van der Waals surface area contributed by atoms with Crippen LogP contribution in [0.5, 0.6) is 0 Å². The van der Waals surface area contributed by atoms with E-state index in [1.807, 2.05) is 30.3 Å². The summed E-state index contributed by atoms with van der Waals surface area (Å²) in [6, 6.07) is 16.3. The van der Waals surface area contributed by atoms with E-state index in [2.05, 4.69) is 15.3 Å². The van der Waals surface area contributed by atoms with E-state index in [0.717, 1.165) is 5.39 Å². The van der Waals surface area contributed by atoms with Gasteiger partial charge in [0.05, 0.1) is 11.2 Å². The minimum absolute atomic E-state index is 0.0921. The Labute approximate surface area is 143 Å². The Morgan fingerprint density at radius 3 is 2.50 bits per heavy atom. The summed E-state index contributed by atoms with van der Waals surface area (Å²) in [6.45, 7) is 0. The number of carboxylic acid groups (broad SMARTS) is 1. The molecule has 0 saturated carbocycles. The standard InChI is InChI=1S/C17H15ClN4O2/c18-15-20-13-9-5-4-8-12(13)14(21-15)10-17(19,22-16(23)24)11-6-2-1-3-7-11/h1-9,22H,10,19H2,(H,23,24). The van der Waals surface area contributed by atoms with Crippen LogP contribution >= 0.6 is 11.6 Å². The number of hydrogen-bond donors (Lipinski definition) is 3. The van der Waals surface area contributed by atoms with E-state index >= 15 is 0 Å². The maximum absolute atomic E-state index is 11.3. The zero-order valence-electron chi connectivity index (χ0n) is 12.6. The van der Waals surface area contributed by atoms with E-state index in [1.54, 1.807) is 24.3 Å². The lowest BCUT2D eigenvalue weighted by molar-refractivity contribution is 0.177. The molecule has 0 aliphatic carbocycles. The van der Waals surface area contributed by atoms with E-state index in [-0.39, 0.29) is 11.7 Å². The molecule has 4 N–H and O–H groups in total. The van der Waals surface area contributed by atoms with Gasteiger partial charge in [0.2, 0.25) is 5.28 Å². The molecule has 1 atom stereocenters. The fraction of sp³-hybridized carbons (Fsp3) is 0.118. The summed E-state index contributed by atoms with van der Waals surface area (Å²) in [4.78, 5) is 19.7. The number of carbonyl (C=O) groups is 1. The first-order chi connectivity index (χ1) is 11.5. The monoisotopic (exact) mass is 342 g/mol. The van der Waals surface area contributed by atoms with Gasteiger partial charge in [-0.3, -0.25) is 5.32 Å². The summed E-state index contributed by atoms with van der Waals surface area (Å²) in [5.74, 6) is 0. The van der Waals surface area contributed by atoms with Crippen molar-refractivity contribution >= 4 is 28.6 Å². The van der Waals surface area contributed by atoms with Crippen LogP contribution in [0.15, 0.2) is 54.6 Å². The van der Waals surface area contributed by atoms with Crippen molar-refractivity contribution in [3.8, 4) is 0 Å². The summed E-state index contributed by atoms with van der Waals surface area (Å²) in [6.07, 6.45) is -1.09. The van der Waals surface area contributed by atoms with Crippen molar-refractivity contribution in [3.63, 3.8) is 0 Å². The van der Waals surface area contributed by atoms with Crippen molar-refractivity contribution in [1.29, 1.82) is 0 Å². The van der Waals surface area contributed by atoms with Gasteiger partial charge in [0, 0.05) is 11.8 Å². The van der Waals surface area contributed by atoms with Crippen molar-refractivity contribution < 1.29 is 9.90 Å². The molecule has 0 saturated heterocycles. The Morgan fingerprint density at radius 1 is 1.12 bits per heavy atom. The van der Waals surface area contributed by atoms with Crippen LogP contribution in [-0.2, 0) is 12.1 Å². The van der Waals surface area contributed by atoms with Gasteiger partial charge in [-0.25, -0.2) is 14.8 Å². The van der Waals surface area contributed by atoms with Gasteiger partial charge >= 0.3 is 6.09 Å². The molecule has 7 heteroatoms. The lowest BCUT2D eigenvalue weighted by atomic mass is 9.93. The highest BCUT2D eigenvalue weighted by molar-refractivity contribution is 6.28. The van der Waals surface area contributed by atoms with Gasteiger partial charge in [0.1, 0.15) is 5.66 Å². The smallest absolute Gasteiger partial charge is 0.406 e. The van der Waals surface area contributed by atoms with Crippen LogP contribution in [0.4, 0.5) is 4.79 Å². The fourth-order valence-corrected chi connectivity index (χ4v) is 2.85. The number of nitrogens with zero attached hydrogens (tertiary/aromatic N) is 2. The third-order valence-corrected chi connectivity index (χ3v) is 3.89. The topological polar surface area (TPSA) is 101 Å². The van der Waals surface area contributed by atoms with E-state index in [1.165, 1.54) is 0 Å². The van der Waals surface area contributed by atoms with Crippen LogP contribution in [-0.4, -0.2) is 21.2 Å². The van der Waals surface area contributed by atoms with Gasteiger partial charge < -0.3 is 10.8 Å². The molecular weight excluding hydrogens is 328 g/mol. The first-order valence-corrected chi connectivity index (χ1v) is 7.62. The number of aromatic nitrogens is 2. The van der Waals surface area contributed by atoms with E-state index < -0.39 is 11.8 Å². The number of rotatable bonds is 4. The lowest BCUT2D eigenvalue weighted by Crippen LogP contribution is -2.54. The van der Waals surface area contributed by atoms with Crippen molar-refractivity contribution in [2.75, 3.05) is 0 Å². The molecule has 1 aromatic heterocycles. The Kier molecular flexibility index (Phi) is 4.33. The van der Waals surface area contributed by atoms with Crippen LogP contribution in [0, 0.1) is 0 Å². The number of nitrogens with one attached hydrogen (secondary N) is 1. The number of amides is 1. The number of para-hydroxylation sites is 1. The van der Waals surface area contributed by atoms with Gasteiger partial charge in [-0.1, -0.05) is 48.5 Å². The van der Waals surface area contributed by atoms with Gasteiger partial charge in [-0.05, 0) is 23.2 Å². The molecule has 0 spiro atoms. The SMILES string of the molecule is NC(Cc1nc(Cl)nc2ccccc12)(NC(=O)O)c1ccccc1. The molecule has 0 radical (unpaired) electrons. The predicted molar refractivity (Wildman–Crippen MR) is 91.7 cm³/mol. The Bertz CT molecular complexity index is 888. The average molecular weight is 343 g/mol. The molecule has 3 aromatic rings. The predicted octanol–water partition coefficient (Wildman–Crippen LogP) is 2.91. The number of fused-ring (bicyclic) bond motifs is 1. The maximum Gasteiger partial charge on any atom is 0.406 e. The molecule has 0 bridgehead atoms. The summed E-state index contributed by atoms with van der Waals surface area (Å²) in [5, 5.41) is 12.5. The molecule has 0 aliphatic heterocycles. The quantitative estimate of drug-likeness (QED) is 0.500. The van der Waals surface area contributed by atoms with Crippen LogP contribution < -0.4 is 11.1 Å². The summed E-state index contributed by atoms with van der Waals surface area (Å²) >= 11 is 6.00. The van der Waals surface area contributed by atoms with E-state index in [9.17, 15) is 9.90 Å². The van der Waals surface area contributed by atoms with Crippen molar-refractivity contribution in [3.05, 3.63) is 71.1 Å². The molecule has 2 aromatic carbocycles. The van der Waals surface area contributed by atoms with Gasteiger partial charge in [0.15, 0.2) is 0 Å². The molecule has 122 valence electrons. The molecule has 1 amide bonds. The lowest BCUT2D eigenvalue weighted by Gasteiger charge is -2.30. The van der Waals surface area contributed by atoms with Crippen LogP contribution in [0.25, 0.3) is 10.9 Å². The summed E-state index contributed by atoms with van der Waals surface area (Å²) in [7, 11) is 0. The normalized spacial score (nSPS) is 13.4. The first kappa shape index (κ1) is 16.2. The molecule has 1 unspecified atom stereocenters. The van der Waals surface area contributed by atoms with Gasteiger partial charge in [-0.2, -0.15) is 0 Å². The van der Waals surface area contributed by atoms with Crippen molar-refractivity contribution in [2.45, 2.75) is 12.1 Å². The molecule has 0 aliphatic rings. The zero-order valence-corrected chi connectivity index (χ0v) is 13.4. The molecule has 3 rings (SSSR count). The highest BCUT2D eigenvalue weighted by atomic mass is 35.5. The third-order valence-electron chi connectivity index (χ3n) is 3.72. The Balaban J connectivity index is 2.10. The van der Waals surface area contributed by atoms with Gasteiger partial charge in [-0.15, -0.1) is 0 Å². The van der Waals surface area contributed by atoms with Crippen LogP contribution in [0.2, 0.25) is 5.28 Å². The minimum Gasteiger partial charge on any atom is -0.465 e. The largest absolute Gasteiger partial charge is 0.465 e.